The van der Waals surface area contributed by atoms with Crippen molar-refractivity contribution >= 4 is 17.6 Å². The van der Waals surface area contributed by atoms with E-state index in [0.29, 0.717) is 16.9 Å². The Morgan fingerprint density at radius 1 is 1.08 bits per heavy atom. The lowest BCUT2D eigenvalue weighted by atomic mass is 9.70. The van der Waals surface area contributed by atoms with Gasteiger partial charge in [0.2, 0.25) is 0 Å². The highest BCUT2D eigenvalue weighted by molar-refractivity contribution is 6.12. The Morgan fingerprint density at radius 3 is 2.52 bits per heavy atom. The third kappa shape index (κ3) is 2.93. The van der Waals surface area contributed by atoms with Crippen molar-refractivity contribution in [1.29, 1.82) is 0 Å². The number of allylic oxidation sites excluding steroid dienone is 3. The van der Waals surface area contributed by atoms with E-state index in [9.17, 15) is 9.59 Å². The molecule has 2 aromatic carbocycles. The lowest BCUT2D eigenvalue weighted by Gasteiger charge is -2.31. The molecule has 2 aromatic rings. The van der Waals surface area contributed by atoms with Crippen molar-refractivity contribution < 1.29 is 14.3 Å². The number of hydrogen-bond acceptors (Lipinski definition) is 3. The Hall–Kier alpha value is -2.94. The van der Waals surface area contributed by atoms with Crippen LogP contribution in [0.15, 0.2) is 66.3 Å². The lowest BCUT2D eigenvalue weighted by Crippen LogP contribution is -2.34. The third-order valence-electron chi connectivity index (χ3n) is 4.66. The monoisotopic (exact) mass is 332 g/mol. The van der Waals surface area contributed by atoms with Gasteiger partial charge in [0, 0.05) is 0 Å². The lowest BCUT2D eigenvalue weighted by molar-refractivity contribution is -0.118. The summed E-state index contributed by atoms with van der Waals surface area (Å²) < 4.78 is 5.25. The number of fused-ring (bicyclic) bond motifs is 1. The van der Waals surface area contributed by atoms with Gasteiger partial charge in [-0.25, -0.2) is 0 Å². The van der Waals surface area contributed by atoms with Crippen molar-refractivity contribution in [3.63, 3.8) is 0 Å². The maximum absolute atomic E-state index is 12.8. The summed E-state index contributed by atoms with van der Waals surface area (Å²) in [6.45, 7) is 3.67. The summed E-state index contributed by atoms with van der Waals surface area (Å²) in [4.78, 5) is 25.4. The number of carbonyl (C=O) groups is 2. The molecule has 0 radical (unpaired) electrons. The summed E-state index contributed by atoms with van der Waals surface area (Å²) >= 11 is 0. The van der Waals surface area contributed by atoms with Gasteiger partial charge in [-0.15, -0.1) is 0 Å². The van der Waals surface area contributed by atoms with Crippen molar-refractivity contribution in [1.82, 2.24) is 0 Å². The highest BCUT2D eigenvalue weighted by atomic mass is 16.5. The second kappa shape index (κ2) is 6.52. The first-order valence-electron chi connectivity index (χ1n) is 8.16. The van der Waals surface area contributed by atoms with Crippen LogP contribution >= 0.6 is 0 Å². The number of methoxy groups -OCH3 is 1. The molecule has 0 saturated heterocycles. The molecule has 0 heterocycles. The predicted octanol–water partition coefficient (Wildman–Crippen LogP) is 4.38. The quantitative estimate of drug-likeness (QED) is 0.616. The van der Waals surface area contributed by atoms with Crippen LogP contribution in [0.3, 0.4) is 0 Å². The first-order valence-corrected chi connectivity index (χ1v) is 8.16. The molecular weight excluding hydrogens is 312 g/mol. The van der Waals surface area contributed by atoms with Crippen LogP contribution in [0, 0.1) is 0 Å². The average Bonchev–Trinajstić information content (AvgIpc) is 2.64. The number of carbonyl (C=O) groups excluding carboxylic acids is 2. The zero-order chi connectivity index (χ0) is 18.0. The van der Waals surface area contributed by atoms with Gasteiger partial charge in [-0.2, -0.15) is 0 Å². The van der Waals surface area contributed by atoms with Gasteiger partial charge in [0.1, 0.15) is 5.75 Å². The first kappa shape index (κ1) is 16.9. The minimum absolute atomic E-state index is 0.00952. The SMILES string of the molecule is COc1ccccc1C(=O)/C=C\[C@@]1(C)C(=O)C(C)=Cc2ccccc21. The van der Waals surface area contributed by atoms with Gasteiger partial charge >= 0.3 is 0 Å². The molecule has 1 atom stereocenters. The number of hydrogen-bond donors (Lipinski definition) is 0. The Morgan fingerprint density at radius 2 is 1.76 bits per heavy atom. The molecule has 1 aliphatic rings. The molecule has 0 unspecified atom stereocenters. The summed E-state index contributed by atoms with van der Waals surface area (Å²) in [5.74, 6) is 0.347. The van der Waals surface area contributed by atoms with Gasteiger partial charge < -0.3 is 4.74 Å². The number of para-hydroxylation sites is 1. The minimum Gasteiger partial charge on any atom is -0.496 e. The number of rotatable bonds is 4. The van der Waals surface area contributed by atoms with Crippen LogP contribution < -0.4 is 4.74 Å². The van der Waals surface area contributed by atoms with Gasteiger partial charge in [0.15, 0.2) is 11.6 Å². The van der Waals surface area contributed by atoms with E-state index in [1.165, 1.54) is 13.2 Å². The van der Waals surface area contributed by atoms with Gasteiger partial charge in [-0.05, 0) is 54.8 Å². The molecule has 0 aliphatic heterocycles. The van der Waals surface area contributed by atoms with Crippen molar-refractivity contribution in [3.8, 4) is 5.75 Å². The molecule has 0 N–H and O–H groups in total. The average molecular weight is 332 g/mol. The normalized spacial score (nSPS) is 19.5. The van der Waals surface area contributed by atoms with Crippen LogP contribution in [0.5, 0.6) is 5.75 Å². The molecule has 25 heavy (non-hydrogen) atoms. The first-order chi connectivity index (χ1) is 12.0. The topological polar surface area (TPSA) is 43.4 Å². The molecule has 3 nitrogen and oxygen atoms in total. The Bertz CT molecular complexity index is 905. The van der Waals surface area contributed by atoms with Crippen LogP contribution in [0.25, 0.3) is 6.08 Å². The summed E-state index contributed by atoms with van der Waals surface area (Å²) in [7, 11) is 1.53. The highest BCUT2D eigenvalue weighted by Gasteiger charge is 2.37. The van der Waals surface area contributed by atoms with E-state index in [4.69, 9.17) is 4.74 Å². The Kier molecular flexibility index (Phi) is 4.41. The van der Waals surface area contributed by atoms with Crippen LogP contribution in [-0.2, 0) is 10.2 Å². The van der Waals surface area contributed by atoms with E-state index in [1.54, 1.807) is 24.3 Å². The Balaban J connectivity index is 2.01. The zero-order valence-electron chi connectivity index (χ0n) is 14.6. The molecule has 0 bridgehead atoms. The highest BCUT2D eigenvalue weighted by Crippen LogP contribution is 2.37. The standard InChI is InChI=1S/C22H20O3/c1-15-14-16-8-4-6-10-18(16)22(2,21(15)24)13-12-19(23)17-9-5-7-11-20(17)25-3/h4-14H,1-3H3/b13-12-/t22-/m1/s1. The molecule has 0 spiro atoms. The predicted molar refractivity (Wildman–Crippen MR) is 98.9 cm³/mol. The third-order valence-corrected chi connectivity index (χ3v) is 4.66. The van der Waals surface area contributed by atoms with Gasteiger partial charge in [0.05, 0.1) is 18.1 Å². The molecule has 0 aromatic heterocycles. The number of Topliss-reactive ketones (excluding diaryl/α,β-unsaturated/α-hetero) is 1. The minimum atomic E-state index is -0.854. The van der Waals surface area contributed by atoms with Crippen molar-refractivity contribution in [3.05, 3.63) is 82.9 Å². The van der Waals surface area contributed by atoms with Crippen LogP contribution in [0.4, 0.5) is 0 Å². The summed E-state index contributed by atoms with van der Waals surface area (Å²) in [5, 5.41) is 0. The maximum Gasteiger partial charge on any atom is 0.189 e. The van der Waals surface area contributed by atoms with Crippen LogP contribution in [0.1, 0.15) is 35.3 Å². The fourth-order valence-corrected chi connectivity index (χ4v) is 3.27. The second-order valence-corrected chi connectivity index (χ2v) is 6.34. The number of ketones is 2. The fraction of sp³-hybridized carbons (Fsp3) is 0.182. The maximum atomic E-state index is 12.8. The van der Waals surface area contributed by atoms with E-state index >= 15 is 0 Å². The van der Waals surface area contributed by atoms with Gasteiger partial charge in [-0.1, -0.05) is 42.5 Å². The zero-order valence-corrected chi connectivity index (χ0v) is 14.6. The Labute approximate surface area is 147 Å². The fourth-order valence-electron chi connectivity index (χ4n) is 3.27. The molecule has 0 saturated carbocycles. The van der Waals surface area contributed by atoms with E-state index in [-0.39, 0.29) is 11.6 Å². The van der Waals surface area contributed by atoms with Crippen molar-refractivity contribution in [2.24, 2.45) is 0 Å². The smallest absolute Gasteiger partial charge is 0.189 e. The van der Waals surface area contributed by atoms with Gasteiger partial charge in [0.25, 0.3) is 0 Å². The largest absolute Gasteiger partial charge is 0.496 e. The van der Waals surface area contributed by atoms with E-state index < -0.39 is 5.41 Å². The van der Waals surface area contributed by atoms with Gasteiger partial charge in [-0.3, -0.25) is 9.59 Å². The summed E-state index contributed by atoms with van der Waals surface area (Å²) in [6, 6.07) is 14.9. The van der Waals surface area contributed by atoms with Crippen molar-refractivity contribution in [2.75, 3.05) is 7.11 Å². The van der Waals surface area contributed by atoms with E-state index in [1.807, 2.05) is 50.3 Å². The van der Waals surface area contributed by atoms with Crippen LogP contribution in [0.2, 0.25) is 0 Å². The van der Waals surface area contributed by atoms with E-state index in [2.05, 4.69) is 0 Å². The molecule has 0 amide bonds. The molecular formula is C22H20O3. The summed E-state index contributed by atoms with van der Waals surface area (Å²) in [5.41, 5.74) is 2.24. The number of benzene rings is 2. The summed E-state index contributed by atoms with van der Waals surface area (Å²) in [6.07, 6.45) is 5.08. The molecule has 3 rings (SSSR count). The molecule has 126 valence electrons. The molecule has 3 heteroatoms. The van der Waals surface area contributed by atoms with E-state index in [0.717, 1.165) is 11.1 Å². The van der Waals surface area contributed by atoms with Crippen molar-refractivity contribution in [2.45, 2.75) is 19.3 Å². The number of ether oxygens (including phenoxy) is 1. The van der Waals surface area contributed by atoms with Crippen LogP contribution in [-0.4, -0.2) is 18.7 Å². The second-order valence-electron chi connectivity index (χ2n) is 6.34. The molecule has 1 aliphatic carbocycles. The molecule has 0 fully saturated rings.